The second kappa shape index (κ2) is 4.88. The van der Waals surface area contributed by atoms with Crippen molar-refractivity contribution in [2.75, 3.05) is 13.1 Å². The lowest BCUT2D eigenvalue weighted by Gasteiger charge is -2.18. The molecule has 1 saturated heterocycles. The van der Waals surface area contributed by atoms with E-state index in [1.807, 2.05) is 0 Å². The van der Waals surface area contributed by atoms with E-state index in [-0.39, 0.29) is 11.8 Å². The highest BCUT2D eigenvalue weighted by Gasteiger charge is 2.28. The van der Waals surface area contributed by atoms with Crippen LogP contribution in [-0.4, -0.2) is 19.0 Å². The molecule has 0 aromatic carbocycles. The number of hydrogen-bond donors (Lipinski definition) is 2. The number of carbonyl (C=O) groups is 1. The first kappa shape index (κ1) is 10.1. The SMILES string of the molecule is C#CCCC(C(N)=O)C1CCNC1. The molecule has 13 heavy (non-hydrogen) atoms. The lowest BCUT2D eigenvalue weighted by molar-refractivity contribution is -0.123. The molecule has 72 valence electrons. The molecule has 0 radical (unpaired) electrons. The van der Waals surface area contributed by atoms with Gasteiger partial charge in [-0.3, -0.25) is 4.79 Å². The van der Waals surface area contributed by atoms with Gasteiger partial charge in [-0.05, 0) is 31.8 Å². The van der Waals surface area contributed by atoms with Crippen LogP contribution >= 0.6 is 0 Å². The van der Waals surface area contributed by atoms with Crippen LogP contribution in [0.15, 0.2) is 0 Å². The largest absolute Gasteiger partial charge is 0.369 e. The number of carbonyl (C=O) groups excluding carboxylic acids is 1. The predicted octanol–water partition coefficient (Wildman–Crippen LogP) is 0.111. The average molecular weight is 180 g/mol. The van der Waals surface area contributed by atoms with Gasteiger partial charge in [-0.1, -0.05) is 0 Å². The summed E-state index contributed by atoms with van der Waals surface area (Å²) in [5.74, 6) is 2.70. The van der Waals surface area contributed by atoms with Crippen molar-refractivity contribution in [2.24, 2.45) is 17.6 Å². The van der Waals surface area contributed by atoms with Crippen LogP contribution in [0, 0.1) is 24.2 Å². The molecule has 0 aromatic heterocycles. The first-order valence-corrected chi connectivity index (χ1v) is 4.69. The van der Waals surface area contributed by atoms with E-state index < -0.39 is 0 Å². The van der Waals surface area contributed by atoms with Crippen molar-refractivity contribution in [1.29, 1.82) is 0 Å². The highest BCUT2D eigenvalue weighted by atomic mass is 16.1. The average Bonchev–Trinajstić information content (AvgIpc) is 2.57. The Labute approximate surface area is 79.1 Å². The summed E-state index contributed by atoms with van der Waals surface area (Å²) in [5, 5.41) is 3.22. The molecule has 0 spiro atoms. The normalized spacial score (nSPS) is 23.8. The van der Waals surface area contributed by atoms with Gasteiger partial charge in [0.2, 0.25) is 5.91 Å². The molecule has 0 aliphatic carbocycles. The third kappa shape index (κ3) is 2.74. The minimum absolute atomic E-state index is 0.0361. The maximum Gasteiger partial charge on any atom is 0.220 e. The Morgan fingerprint density at radius 1 is 1.77 bits per heavy atom. The van der Waals surface area contributed by atoms with Crippen LogP contribution in [0.25, 0.3) is 0 Å². The van der Waals surface area contributed by atoms with Gasteiger partial charge < -0.3 is 11.1 Å². The van der Waals surface area contributed by atoms with Crippen molar-refractivity contribution in [1.82, 2.24) is 5.32 Å². The highest BCUT2D eigenvalue weighted by Crippen LogP contribution is 2.22. The molecule has 3 N–H and O–H groups in total. The molecule has 1 rings (SSSR count). The van der Waals surface area contributed by atoms with Crippen LogP contribution in [0.5, 0.6) is 0 Å². The van der Waals surface area contributed by atoms with E-state index in [2.05, 4.69) is 11.2 Å². The number of hydrogen-bond acceptors (Lipinski definition) is 2. The standard InChI is InChI=1S/C10H16N2O/c1-2-3-4-9(10(11)13)8-5-6-12-7-8/h1,8-9,12H,3-7H2,(H2,11,13). The number of amides is 1. The first-order valence-electron chi connectivity index (χ1n) is 4.69. The molecular weight excluding hydrogens is 164 g/mol. The summed E-state index contributed by atoms with van der Waals surface area (Å²) in [5.41, 5.74) is 5.32. The fourth-order valence-corrected chi connectivity index (χ4v) is 1.87. The van der Waals surface area contributed by atoms with E-state index >= 15 is 0 Å². The van der Waals surface area contributed by atoms with Crippen LogP contribution in [0.3, 0.4) is 0 Å². The quantitative estimate of drug-likeness (QED) is 0.603. The Morgan fingerprint density at radius 2 is 2.54 bits per heavy atom. The van der Waals surface area contributed by atoms with Gasteiger partial charge in [0.1, 0.15) is 0 Å². The summed E-state index contributed by atoms with van der Waals surface area (Å²) < 4.78 is 0. The predicted molar refractivity (Wildman–Crippen MR) is 51.7 cm³/mol. The summed E-state index contributed by atoms with van der Waals surface area (Å²) in [7, 11) is 0. The van der Waals surface area contributed by atoms with E-state index in [9.17, 15) is 4.79 Å². The third-order valence-electron chi connectivity index (χ3n) is 2.63. The van der Waals surface area contributed by atoms with Crippen molar-refractivity contribution in [2.45, 2.75) is 19.3 Å². The van der Waals surface area contributed by atoms with Gasteiger partial charge in [0.25, 0.3) is 0 Å². The number of rotatable bonds is 4. The van der Waals surface area contributed by atoms with Gasteiger partial charge in [0.15, 0.2) is 0 Å². The molecule has 2 unspecified atom stereocenters. The zero-order valence-electron chi connectivity index (χ0n) is 7.75. The van der Waals surface area contributed by atoms with E-state index in [1.54, 1.807) is 0 Å². The molecule has 0 saturated carbocycles. The van der Waals surface area contributed by atoms with Crippen LogP contribution in [0.2, 0.25) is 0 Å². The molecule has 1 aliphatic heterocycles. The van der Waals surface area contributed by atoms with Gasteiger partial charge in [0, 0.05) is 12.3 Å². The van der Waals surface area contributed by atoms with Crippen molar-refractivity contribution < 1.29 is 4.79 Å². The Balaban J connectivity index is 2.46. The number of primary amides is 1. The topological polar surface area (TPSA) is 55.1 Å². The van der Waals surface area contributed by atoms with Crippen molar-refractivity contribution in [3.05, 3.63) is 0 Å². The maximum absolute atomic E-state index is 11.1. The zero-order valence-corrected chi connectivity index (χ0v) is 7.75. The molecule has 1 fully saturated rings. The summed E-state index contributed by atoms with van der Waals surface area (Å²) >= 11 is 0. The van der Waals surface area contributed by atoms with Crippen molar-refractivity contribution >= 4 is 5.91 Å². The smallest absolute Gasteiger partial charge is 0.220 e. The Hall–Kier alpha value is -1.01. The monoisotopic (exact) mass is 180 g/mol. The molecule has 2 atom stereocenters. The van der Waals surface area contributed by atoms with E-state index in [0.29, 0.717) is 12.3 Å². The maximum atomic E-state index is 11.1. The van der Waals surface area contributed by atoms with Gasteiger partial charge >= 0.3 is 0 Å². The van der Waals surface area contributed by atoms with Gasteiger partial charge in [0.05, 0.1) is 0 Å². The molecule has 1 amide bonds. The summed E-state index contributed by atoms with van der Waals surface area (Å²) in [6, 6.07) is 0. The lowest BCUT2D eigenvalue weighted by atomic mass is 9.87. The zero-order chi connectivity index (χ0) is 9.68. The molecule has 0 aromatic rings. The first-order chi connectivity index (χ1) is 6.25. The van der Waals surface area contributed by atoms with Crippen LogP contribution < -0.4 is 11.1 Å². The van der Waals surface area contributed by atoms with E-state index in [1.165, 1.54) is 0 Å². The molecule has 3 heteroatoms. The van der Waals surface area contributed by atoms with Crippen LogP contribution in [0.4, 0.5) is 0 Å². The molecule has 3 nitrogen and oxygen atoms in total. The van der Waals surface area contributed by atoms with Crippen LogP contribution in [0.1, 0.15) is 19.3 Å². The second-order valence-corrected chi connectivity index (χ2v) is 3.50. The molecule has 1 aliphatic rings. The minimum Gasteiger partial charge on any atom is -0.369 e. The number of nitrogens with one attached hydrogen (secondary N) is 1. The van der Waals surface area contributed by atoms with Crippen LogP contribution in [-0.2, 0) is 4.79 Å². The Morgan fingerprint density at radius 3 is 3.00 bits per heavy atom. The Kier molecular flexibility index (Phi) is 3.78. The van der Waals surface area contributed by atoms with E-state index in [0.717, 1.165) is 25.9 Å². The van der Waals surface area contributed by atoms with Gasteiger partial charge in [-0.15, -0.1) is 12.3 Å². The second-order valence-electron chi connectivity index (χ2n) is 3.50. The number of nitrogens with two attached hydrogens (primary N) is 1. The molecule has 0 bridgehead atoms. The summed E-state index contributed by atoms with van der Waals surface area (Å²) in [6.07, 6.45) is 7.58. The van der Waals surface area contributed by atoms with Gasteiger partial charge in [-0.25, -0.2) is 0 Å². The molecule has 1 heterocycles. The van der Waals surface area contributed by atoms with Crippen molar-refractivity contribution in [3.8, 4) is 12.3 Å². The lowest BCUT2D eigenvalue weighted by Crippen LogP contribution is -2.31. The minimum atomic E-state index is -0.205. The fourth-order valence-electron chi connectivity index (χ4n) is 1.87. The number of terminal acetylenes is 1. The Bertz CT molecular complexity index is 213. The molecular formula is C10H16N2O. The van der Waals surface area contributed by atoms with Crippen molar-refractivity contribution in [3.63, 3.8) is 0 Å². The van der Waals surface area contributed by atoms with E-state index in [4.69, 9.17) is 12.2 Å². The van der Waals surface area contributed by atoms with Gasteiger partial charge in [-0.2, -0.15) is 0 Å². The third-order valence-corrected chi connectivity index (χ3v) is 2.63. The summed E-state index contributed by atoms with van der Waals surface area (Å²) in [4.78, 5) is 11.1. The summed E-state index contributed by atoms with van der Waals surface area (Å²) in [6.45, 7) is 1.89. The highest BCUT2D eigenvalue weighted by molar-refractivity contribution is 5.77. The fraction of sp³-hybridized carbons (Fsp3) is 0.700.